The fourth-order valence-electron chi connectivity index (χ4n) is 0.986. The molecule has 0 aromatic rings. The number of nitrogens with zero attached hydrogens (tertiary/aromatic N) is 1. The zero-order valence-corrected chi connectivity index (χ0v) is 7.99. The maximum absolute atomic E-state index is 11.2. The minimum absolute atomic E-state index is 0.336. The van der Waals surface area contributed by atoms with E-state index in [9.17, 15) is 9.59 Å². The molecule has 1 amide bonds. The van der Waals surface area contributed by atoms with Crippen LogP contribution in [0.25, 0.3) is 0 Å². The van der Waals surface area contributed by atoms with Gasteiger partial charge in [0.25, 0.3) is 0 Å². The van der Waals surface area contributed by atoms with E-state index >= 15 is 0 Å². The SMILES string of the molecule is C=CC(=O)N(CCC)C(C)C(=O)O. The van der Waals surface area contributed by atoms with Gasteiger partial charge in [-0.15, -0.1) is 0 Å². The molecule has 4 heteroatoms. The molecule has 0 aliphatic rings. The summed E-state index contributed by atoms with van der Waals surface area (Å²) in [5.41, 5.74) is 0. The Hall–Kier alpha value is -1.32. The maximum Gasteiger partial charge on any atom is 0.326 e. The van der Waals surface area contributed by atoms with Crippen molar-refractivity contribution < 1.29 is 14.7 Å². The van der Waals surface area contributed by atoms with Gasteiger partial charge in [0.05, 0.1) is 0 Å². The first-order valence-corrected chi connectivity index (χ1v) is 4.20. The molecule has 0 radical (unpaired) electrons. The second kappa shape index (κ2) is 5.35. The van der Waals surface area contributed by atoms with Crippen molar-refractivity contribution in [3.63, 3.8) is 0 Å². The van der Waals surface area contributed by atoms with Crippen LogP contribution in [0, 0.1) is 0 Å². The van der Waals surface area contributed by atoms with Crippen LogP contribution in [0.3, 0.4) is 0 Å². The van der Waals surface area contributed by atoms with Crippen LogP contribution < -0.4 is 0 Å². The zero-order valence-electron chi connectivity index (χ0n) is 7.99. The smallest absolute Gasteiger partial charge is 0.326 e. The largest absolute Gasteiger partial charge is 0.480 e. The third-order valence-corrected chi connectivity index (χ3v) is 1.75. The Morgan fingerprint density at radius 1 is 1.62 bits per heavy atom. The van der Waals surface area contributed by atoms with Gasteiger partial charge in [0.2, 0.25) is 5.91 Å². The molecule has 0 aromatic heterocycles. The topological polar surface area (TPSA) is 57.6 Å². The summed E-state index contributed by atoms with van der Waals surface area (Å²) in [6.07, 6.45) is 1.87. The molecule has 1 atom stereocenters. The van der Waals surface area contributed by atoms with Crippen molar-refractivity contribution in [3.05, 3.63) is 12.7 Å². The van der Waals surface area contributed by atoms with Gasteiger partial charge in [-0.1, -0.05) is 13.5 Å². The molecule has 0 aromatic carbocycles. The van der Waals surface area contributed by atoms with Crippen LogP contribution >= 0.6 is 0 Å². The number of aliphatic carboxylic acids is 1. The number of hydrogen-bond donors (Lipinski definition) is 1. The van der Waals surface area contributed by atoms with Gasteiger partial charge in [-0.05, 0) is 19.4 Å². The van der Waals surface area contributed by atoms with Gasteiger partial charge in [0, 0.05) is 6.54 Å². The summed E-state index contributed by atoms with van der Waals surface area (Å²) < 4.78 is 0. The Morgan fingerprint density at radius 2 is 2.15 bits per heavy atom. The standard InChI is InChI=1S/C9H15NO3/c1-4-6-10(8(11)5-2)7(3)9(12)13/h5,7H,2,4,6H2,1,3H3,(H,12,13). The quantitative estimate of drug-likeness (QED) is 0.647. The van der Waals surface area contributed by atoms with E-state index in [2.05, 4.69) is 6.58 Å². The van der Waals surface area contributed by atoms with E-state index in [0.29, 0.717) is 6.54 Å². The number of carboxylic acid groups (broad SMARTS) is 1. The van der Waals surface area contributed by atoms with Gasteiger partial charge < -0.3 is 10.0 Å². The number of carboxylic acids is 1. The molecule has 0 saturated carbocycles. The molecular weight excluding hydrogens is 170 g/mol. The van der Waals surface area contributed by atoms with Crippen LogP contribution in [0.2, 0.25) is 0 Å². The van der Waals surface area contributed by atoms with Gasteiger partial charge in [0.15, 0.2) is 0 Å². The lowest BCUT2D eigenvalue weighted by molar-refractivity contribution is -0.147. The number of amides is 1. The van der Waals surface area contributed by atoms with Crippen molar-refractivity contribution in [2.45, 2.75) is 26.3 Å². The van der Waals surface area contributed by atoms with Crippen molar-refractivity contribution >= 4 is 11.9 Å². The average molecular weight is 185 g/mol. The molecule has 0 aliphatic carbocycles. The van der Waals surface area contributed by atoms with E-state index in [1.807, 2.05) is 6.92 Å². The van der Waals surface area contributed by atoms with Gasteiger partial charge in [0.1, 0.15) is 6.04 Å². The maximum atomic E-state index is 11.2. The van der Waals surface area contributed by atoms with Crippen molar-refractivity contribution in [2.75, 3.05) is 6.54 Å². The van der Waals surface area contributed by atoms with E-state index < -0.39 is 12.0 Å². The number of hydrogen-bond acceptors (Lipinski definition) is 2. The summed E-state index contributed by atoms with van der Waals surface area (Å²) in [5.74, 6) is -1.33. The Morgan fingerprint density at radius 3 is 2.46 bits per heavy atom. The molecule has 74 valence electrons. The molecule has 0 saturated heterocycles. The molecule has 1 unspecified atom stereocenters. The lowest BCUT2D eigenvalue weighted by atomic mass is 10.2. The highest BCUT2D eigenvalue weighted by Gasteiger charge is 2.22. The first-order valence-electron chi connectivity index (χ1n) is 4.20. The minimum Gasteiger partial charge on any atom is -0.480 e. The minimum atomic E-state index is -0.997. The molecule has 0 spiro atoms. The average Bonchev–Trinajstić information content (AvgIpc) is 2.11. The zero-order chi connectivity index (χ0) is 10.4. The molecule has 0 aliphatic heterocycles. The van der Waals surface area contributed by atoms with Crippen molar-refractivity contribution in [1.82, 2.24) is 4.90 Å². The summed E-state index contributed by atoms with van der Waals surface area (Å²) in [7, 11) is 0. The molecule has 0 heterocycles. The fourth-order valence-corrected chi connectivity index (χ4v) is 0.986. The van der Waals surface area contributed by atoms with E-state index in [4.69, 9.17) is 5.11 Å². The normalized spacial score (nSPS) is 11.8. The number of rotatable bonds is 5. The van der Waals surface area contributed by atoms with E-state index in [0.717, 1.165) is 12.5 Å². The summed E-state index contributed by atoms with van der Waals surface area (Å²) in [5, 5.41) is 8.70. The van der Waals surface area contributed by atoms with Crippen LogP contribution in [-0.2, 0) is 9.59 Å². The predicted octanol–water partition coefficient (Wildman–Crippen LogP) is 0.884. The second-order valence-corrected chi connectivity index (χ2v) is 2.75. The van der Waals surface area contributed by atoms with E-state index in [-0.39, 0.29) is 5.91 Å². The van der Waals surface area contributed by atoms with Gasteiger partial charge in [-0.25, -0.2) is 4.79 Å². The third kappa shape index (κ3) is 3.27. The lowest BCUT2D eigenvalue weighted by Crippen LogP contribution is -2.42. The molecule has 13 heavy (non-hydrogen) atoms. The van der Waals surface area contributed by atoms with Crippen molar-refractivity contribution in [2.24, 2.45) is 0 Å². The molecule has 1 N–H and O–H groups in total. The molecule has 0 fully saturated rings. The summed E-state index contributed by atoms with van der Waals surface area (Å²) in [4.78, 5) is 23.1. The summed E-state index contributed by atoms with van der Waals surface area (Å²) >= 11 is 0. The number of carbonyl (C=O) groups is 2. The highest BCUT2D eigenvalue weighted by Crippen LogP contribution is 2.02. The molecule has 0 rings (SSSR count). The van der Waals surface area contributed by atoms with E-state index in [1.54, 1.807) is 0 Å². The Kier molecular flexibility index (Phi) is 4.80. The first kappa shape index (κ1) is 11.7. The van der Waals surface area contributed by atoms with Crippen LogP contribution in [-0.4, -0.2) is 34.5 Å². The Bertz CT molecular complexity index is 213. The highest BCUT2D eigenvalue weighted by atomic mass is 16.4. The summed E-state index contributed by atoms with van der Waals surface area (Å²) in [6.45, 7) is 7.14. The van der Waals surface area contributed by atoms with Gasteiger partial charge in [-0.3, -0.25) is 4.79 Å². The van der Waals surface area contributed by atoms with Gasteiger partial charge >= 0.3 is 5.97 Å². The van der Waals surface area contributed by atoms with Crippen LogP contribution in [0.5, 0.6) is 0 Å². The fraction of sp³-hybridized carbons (Fsp3) is 0.556. The lowest BCUT2D eigenvalue weighted by Gasteiger charge is -2.24. The molecule has 4 nitrogen and oxygen atoms in total. The number of carbonyl (C=O) groups excluding carboxylic acids is 1. The third-order valence-electron chi connectivity index (χ3n) is 1.75. The monoisotopic (exact) mass is 185 g/mol. The van der Waals surface area contributed by atoms with Crippen LogP contribution in [0.4, 0.5) is 0 Å². The highest BCUT2D eigenvalue weighted by molar-refractivity contribution is 5.90. The second-order valence-electron chi connectivity index (χ2n) is 2.75. The van der Waals surface area contributed by atoms with Crippen molar-refractivity contribution in [3.8, 4) is 0 Å². The summed E-state index contributed by atoms with van der Waals surface area (Å²) in [6, 6.07) is -0.787. The van der Waals surface area contributed by atoms with Crippen molar-refractivity contribution in [1.29, 1.82) is 0 Å². The van der Waals surface area contributed by atoms with Crippen LogP contribution in [0.1, 0.15) is 20.3 Å². The van der Waals surface area contributed by atoms with E-state index in [1.165, 1.54) is 11.8 Å². The Balaban J connectivity index is 4.48. The first-order chi connectivity index (χ1) is 6.04. The predicted molar refractivity (Wildman–Crippen MR) is 49.3 cm³/mol. The Labute approximate surface area is 77.8 Å². The van der Waals surface area contributed by atoms with Gasteiger partial charge in [-0.2, -0.15) is 0 Å². The van der Waals surface area contributed by atoms with Crippen LogP contribution in [0.15, 0.2) is 12.7 Å². The molecular formula is C9H15NO3. The molecule has 0 bridgehead atoms.